The number of nitrogens with zero attached hydrogens (tertiary/aromatic N) is 1. The van der Waals surface area contributed by atoms with Crippen LogP contribution in [-0.2, 0) is 11.4 Å². The van der Waals surface area contributed by atoms with Crippen LogP contribution in [0.2, 0.25) is 0 Å². The number of ether oxygens (including phenoxy) is 2. The lowest BCUT2D eigenvalue weighted by Crippen LogP contribution is -2.20. The number of carbonyl (C=O) groups excluding carboxylic acids is 1. The number of aliphatic hydroxyl groups is 1. The first-order chi connectivity index (χ1) is 11.6. The lowest BCUT2D eigenvalue weighted by atomic mass is 10.2. The van der Waals surface area contributed by atoms with Gasteiger partial charge in [-0.25, -0.2) is 5.43 Å². The van der Waals surface area contributed by atoms with Crippen molar-refractivity contribution in [2.24, 2.45) is 5.10 Å². The lowest BCUT2D eigenvalue weighted by Gasteiger charge is -2.11. The highest BCUT2D eigenvalue weighted by Gasteiger charge is 2.06. The van der Waals surface area contributed by atoms with E-state index in [1.54, 1.807) is 25.3 Å². The molecule has 0 atom stereocenters. The topological polar surface area (TPSA) is 80.2 Å². The van der Waals surface area contributed by atoms with E-state index in [-0.39, 0.29) is 0 Å². The molecule has 1 amide bonds. The van der Waals surface area contributed by atoms with Crippen LogP contribution >= 0.6 is 15.9 Å². The third kappa shape index (κ3) is 5.36. The molecular formula is C17H17BrN2O4. The molecule has 6 nitrogen and oxygen atoms in total. The molecular weight excluding hydrogens is 376 g/mol. The molecule has 126 valence electrons. The molecule has 2 N–H and O–H groups in total. The van der Waals surface area contributed by atoms with Gasteiger partial charge in [-0.3, -0.25) is 4.79 Å². The fourth-order valence-corrected chi connectivity index (χ4v) is 2.11. The molecule has 2 rings (SSSR count). The molecule has 0 bridgehead atoms. The molecule has 7 heteroatoms. The van der Waals surface area contributed by atoms with Gasteiger partial charge in [0.25, 0.3) is 5.91 Å². The van der Waals surface area contributed by atoms with Crippen molar-refractivity contribution in [2.75, 3.05) is 13.7 Å². The Morgan fingerprint density at radius 2 is 2.00 bits per heavy atom. The van der Waals surface area contributed by atoms with Crippen LogP contribution in [-0.4, -0.2) is 30.9 Å². The van der Waals surface area contributed by atoms with Gasteiger partial charge in [0, 0.05) is 4.47 Å². The molecule has 0 aliphatic rings. The lowest BCUT2D eigenvalue weighted by molar-refractivity contribution is -0.123. The second-order valence-corrected chi connectivity index (χ2v) is 5.69. The molecule has 0 radical (unpaired) electrons. The highest BCUT2D eigenvalue weighted by molar-refractivity contribution is 9.10. The average molecular weight is 393 g/mol. The summed E-state index contributed by atoms with van der Waals surface area (Å²) in [7, 11) is 1.57. The summed E-state index contributed by atoms with van der Waals surface area (Å²) >= 11 is 3.39. The summed E-state index contributed by atoms with van der Waals surface area (Å²) < 4.78 is 12.1. The summed E-state index contributed by atoms with van der Waals surface area (Å²) in [4.78, 5) is 10.9. The molecule has 0 aliphatic heterocycles. The SMILES string of the molecule is COc1ccc(/C=N/NC(=O)CO)cc1OCc1ccc(Br)cc1. The van der Waals surface area contributed by atoms with Crippen molar-refractivity contribution in [1.29, 1.82) is 0 Å². The maximum absolute atomic E-state index is 10.9. The summed E-state index contributed by atoms with van der Waals surface area (Å²) in [5.41, 5.74) is 3.94. The molecule has 0 saturated carbocycles. The number of hydrogen-bond donors (Lipinski definition) is 2. The normalized spacial score (nSPS) is 10.6. The van der Waals surface area contributed by atoms with Crippen LogP contribution in [0.5, 0.6) is 11.5 Å². The maximum atomic E-state index is 10.9. The third-order valence-corrected chi connectivity index (χ3v) is 3.57. The van der Waals surface area contributed by atoms with Crippen LogP contribution in [0.15, 0.2) is 52.0 Å². The minimum Gasteiger partial charge on any atom is -0.493 e. The zero-order valence-electron chi connectivity index (χ0n) is 13.0. The molecule has 0 saturated heterocycles. The van der Waals surface area contributed by atoms with Crippen LogP contribution in [0.25, 0.3) is 0 Å². The monoisotopic (exact) mass is 392 g/mol. The summed E-state index contributed by atoms with van der Waals surface area (Å²) in [5.74, 6) is 0.591. The number of aliphatic hydroxyl groups excluding tert-OH is 1. The number of nitrogens with one attached hydrogen (secondary N) is 1. The minimum atomic E-state index is -0.610. The first-order valence-electron chi connectivity index (χ1n) is 7.10. The predicted octanol–water partition coefficient (Wildman–Crippen LogP) is 2.48. The van der Waals surface area contributed by atoms with Crippen molar-refractivity contribution in [3.8, 4) is 11.5 Å². The predicted molar refractivity (Wildman–Crippen MR) is 94.3 cm³/mol. The smallest absolute Gasteiger partial charge is 0.265 e. The van der Waals surface area contributed by atoms with Gasteiger partial charge >= 0.3 is 0 Å². The molecule has 0 unspecified atom stereocenters. The van der Waals surface area contributed by atoms with E-state index in [4.69, 9.17) is 14.6 Å². The van der Waals surface area contributed by atoms with Gasteiger partial charge in [0.2, 0.25) is 0 Å². The molecule has 0 spiro atoms. The molecule has 24 heavy (non-hydrogen) atoms. The van der Waals surface area contributed by atoms with Gasteiger partial charge in [0.15, 0.2) is 11.5 Å². The van der Waals surface area contributed by atoms with E-state index in [0.717, 1.165) is 15.6 Å². The number of rotatable bonds is 7. The van der Waals surface area contributed by atoms with E-state index in [2.05, 4.69) is 26.5 Å². The number of hydrazone groups is 1. The Morgan fingerprint density at radius 1 is 1.25 bits per heavy atom. The number of methoxy groups -OCH3 is 1. The summed E-state index contributed by atoms with van der Waals surface area (Å²) in [5, 5.41) is 12.4. The van der Waals surface area contributed by atoms with E-state index in [0.29, 0.717) is 18.1 Å². The summed E-state index contributed by atoms with van der Waals surface area (Å²) in [6, 6.07) is 13.1. The first-order valence-corrected chi connectivity index (χ1v) is 7.89. The summed E-state index contributed by atoms with van der Waals surface area (Å²) in [6.07, 6.45) is 1.46. The van der Waals surface area contributed by atoms with Gasteiger partial charge in [-0.15, -0.1) is 0 Å². The van der Waals surface area contributed by atoms with Gasteiger partial charge in [-0.1, -0.05) is 28.1 Å². The van der Waals surface area contributed by atoms with Crippen molar-refractivity contribution in [2.45, 2.75) is 6.61 Å². The van der Waals surface area contributed by atoms with Crippen LogP contribution in [0.1, 0.15) is 11.1 Å². The van der Waals surface area contributed by atoms with E-state index in [9.17, 15) is 4.79 Å². The quantitative estimate of drug-likeness (QED) is 0.560. The van der Waals surface area contributed by atoms with E-state index in [1.807, 2.05) is 24.3 Å². The number of carbonyl (C=O) groups is 1. The largest absolute Gasteiger partial charge is 0.493 e. The maximum Gasteiger partial charge on any atom is 0.265 e. The van der Waals surface area contributed by atoms with Crippen molar-refractivity contribution < 1.29 is 19.4 Å². The van der Waals surface area contributed by atoms with Crippen LogP contribution in [0, 0.1) is 0 Å². The fraction of sp³-hybridized carbons (Fsp3) is 0.176. The highest BCUT2D eigenvalue weighted by atomic mass is 79.9. The summed E-state index contributed by atoms with van der Waals surface area (Å²) in [6.45, 7) is -0.215. The van der Waals surface area contributed by atoms with Crippen LogP contribution in [0.3, 0.4) is 0 Å². The van der Waals surface area contributed by atoms with Crippen LogP contribution < -0.4 is 14.9 Å². The molecule has 0 heterocycles. The Morgan fingerprint density at radius 3 is 2.67 bits per heavy atom. The van der Waals surface area contributed by atoms with Crippen molar-refractivity contribution >= 4 is 28.1 Å². The molecule has 2 aromatic carbocycles. The molecule has 0 fully saturated rings. The first kappa shape index (κ1) is 18.0. The minimum absolute atomic E-state index is 0.394. The van der Waals surface area contributed by atoms with E-state index >= 15 is 0 Å². The number of benzene rings is 2. The Bertz CT molecular complexity index is 717. The molecule has 0 aliphatic carbocycles. The fourth-order valence-electron chi connectivity index (χ4n) is 1.84. The Kier molecular flexibility index (Phi) is 6.77. The Labute approximate surface area is 148 Å². The number of halogens is 1. The van der Waals surface area contributed by atoms with Gasteiger partial charge < -0.3 is 14.6 Å². The van der Waals surface area contributed by atoms with Gasteiger partial charge in [0.05, 0.1) is 13.3 Å². The van der Waals surface area contributed by atoms with Gasteiger partial charge in [-0.2, -0.15) is 5.10 Å². The van der Waals surface area contributed by atoms with E-state index < -0.39 is 12.5 Å². The third-order valence-electron chi connectivity index (χ3n) is 3.04. The number of amides is 1. The Balaban J connectivity index is 2.07. The second-order valence-electron chi connectivity index (χ2n) is 4.78. The number of hydrogen-bond acceptors (Lipinski definition) is 5. The zero-order valence-corrected chi connectivity index (χ0v) is 14.6. The zero-order chi connectivity index (χ0) is 17.4. The van der Waals surface area contributed by atoms with Gasteiger partial charge in [-0.05, 0) is 41.5 Å². The van der Waals surface area contributed by atoms with Crippen molar-refractivity contribution in [3.63, 3.8) is 0 Å². The standard InChI is InChI=1S/C17H17BrN2O4/c1-23-15-7-4-13(9-19-20-17(22)10-21)8-16(15)24-11-12-2-5-14(18)6-3-12/h2-9,21H,10-11H2,1H3,(H,20,22)/b19-9+. The average Bonchev–Trinajstić information content (AvgIpc) is 2.61. The second kappa shape index (κ2) is 9.05. The van der Waals surface area contributed by atoms with E-state index in [1.165, 1.54) is 6.21 Å². The van der Waals surface area contributed by atoms with Crippen LogP contribution in [0.4, 0.5) is 0 Å². The van der Waals surface area contributed by atoms with Crippen molar-refractivity contribution in [1.82, 2.24) is 5.43 Å². The van der Waals surface area contributed by atoms with Crippen molar-refractivity contribution in [3.05, 3.63) is 58.1 Å². The van der Waals surface area contributed by atoms with Gasteiger partial charge in [0.1, 0.15) is 13.2 Å². The Hall–Kier alpha value is -2.38. The highest BCUT2D eigenvalue weighted by Crippen LogP contribution is 2.28. The molecule has 2 aromatic rings. The molecule has 0 aromatic heterocycles.